The quantitative estimate of drug-likeness (QED) is 0.584. The van der Waals surface area contributed by atoms with Crippen molar-refractivity contribution >= 4 is 6.47 Å². The van der Waals surface area contributed by atoms with Crippen molar-refractivity contribution in [3.8, 4) is 0 Å². The van der Waals surface area contributed by atoms with Gasteiger partial charge < -0.3 is 9.67 Å². The van der Waals surface area contributed by atoms with E-state index in [1.165, 1.54) is 0 Å². The number of aromatic nitrogens is 2. The maximum absolute atomic E-state index is 8.36. The van der Waals surface area contributed by atoms with Crippen LogP contribution in [0.3, 0.4) is 0 Å². The number of hydrogen-bond donors (Lipinski definition) is 1. The lowest BCUT2D eigenvalue weighted by Gasteiger charge is -1.87. The van der Waals surface area contributed by atoms with Gasteiger partial charge in [-0.15, -0.1) is 0 Å². The summed E-state index contributed by atoms with van der Waals surface area (Å²) in [5.74, 6) is 0. The van der Waals surface area contributed by atoms with Crippen LogP contribution in [0, 0.1) is 0 Å². The van der Waals surface area contributed by atoms with Crippen LogP contribution in [0.1, 0.15) is 6.92 Å². The van der Waals surface area contributed by atoms with E-state index in [0.717, 1.165) is 6.54 Å². The number of imidazole rings is 1. The SMILES string of the molecule is CCn1ccnc1.O=CO. The lowest BCUT2D eigenvalue weighted by atomic mass is 10.7. The van der Waals surface area contributed by atoms with Crippen LogP contribution in [0.15, 0.2) is 18.7 Å². The van der Waals surface area contributed by atoms with E-state index in [4.69, 9.17) is 9.90 Å². The molecule has 4 nitrogen and oxygen atoms in total. The van der Waals surface area contributed by atoms with Crippen LogP contribution in [-0.2, 0) is 11.3 Å². The highest BCUT2D eigenvalue weighted by atomic mass is 16.3. The lowest BCUT2D eigenvalue weighted by Crippen LogP contribution is -1.85. The topological polar surface area (TPSA) is 55.1 Å². The Morgan fingerprint density at radius 2 is 2.40 bits per heavy atom. The Kier molecular flexibility index (Phi) is 5.04. The summed E-state index contributed by atoms with van der Waals surface area (Å²) in [5, 5.41) is 6.89. The average molecular weight is 142 g/mol. The number of aryl methyl sites for hydroxylation is 1. The highest BCUT2D eigenvalue weighted by Crippen LogP contribution is 1.81. The molecule has 1 aromatic heterocycles. The maximum atomic E-state index is 8.36. The Bertz CT molecular complexity index is 160. The summed E-state index contributed by atoms with van der Waals surface area (Å²) in [6, 6.07) is 0. The van der Waals surface area contributed by atoms with E-state index in [2.05, 4.69) is 11.9 Å². The Morgan fingerprint density at radius 1 is 1.80 bits per heavy atom. The van der Waals surface area contributed by atoms with Crippen molar-refractivity contribution < 1.29 is 9.90 Å². The van der Waals surface area contributed by atoms with Gasteiger partial charge in [0.05, 0.1) is 6.33 Å². The van der Waals surface area contributed by atoms with Crippen LogP contribution in [0.4, 0.5) is 0 Å². The highest BCUT2D eigenvalue weighted by Gasteiger charge is 1.77. The van der Waals surface area contributed by atoms with Crippen LogP contribution < -0.4 is 0 Å². The molecule has 1 heterocycles. The summed E-state index contributed by atoms with van der Waals surface area (Å²) >= 11 is 0. The lowest BCUT2D eigenvalue weighted by molar-refractivity contribution is -0.122. The molecule has 0 aliphatic carbocycles. The molecule has 1 rings (SSSR count). The van der Waals surface area contributed by atoms with E-state index in [9.17, 15) is 0 Å². The highest BCUT2D eigenvalue weighted by molar-refractivity contribution is 5.32. The van der Waals surface area contributed by atoms with E-state index in [-0.39, 0.29) is 6.47 Å². The molecule has 0 saturated heterocycles. The first kappa shape index (κ1) is 8.68. The van der Waals surface area contributed by atoms with Crippen molar-refractivity contribution in [1.82, 2.24) is 9.55 Å². The molecule has 4 heteroatoms. The standard InChI is InChI=1S/C5H8N2.CH2O2/c1-2-7-4-3-6-5-7;2-1-3/h3-5H,2H2,1H3;1H,(H,2,3). The predicted octanol–water partition coefficient (Wildman–Crippen LogP) is 0.604. The first-order valence-corrected chi connectivity index (χ1v) is 2.88. The molecule has 0 fully saturated rings. The molecule has 0 atom stereocenters. The van der Waals surface area contributed by atoms with Gasteiger partial charge in [-0.25, -0.2) is 4.98 Å². The number of hydrogen-bond acceptors (Lipinski definition) is 2. The van der Waals surface area contributed by atoms with Gasteiger partial charge in [-0.05, 0) is 6.92 Å². The Hall–Kier alpha value is -1.32. The fraction of sp³-hybridized carbons (Fsp3) is 0.333. The van der Waals surface area contributed by atoms with Gasteiger partial charge >= 0.3 is 0 Å². The summed E-state index contributed by atoms with van der Waals surface area (Å²) in [6.45, 7) is 2.85. The fourth-order valence-electron chi connectivity index (χ4n) is 0.474. The Labute approximate surface area is 59.1 Å². The number of rotatable bonds is 1. The monoisotopic (exact) mass is 142 g/mol. The smallest absolute Gasteiger partial charge is 0.290 e. The first-order valence-electron chi connectivity index (χ1n) is 2.88. The average Bonchev–Trinajstić information content (AvgIpc) is 2.39. The summed E-state index contributed by atoms with van der Waals surface area (Å²) < 4.78 is 2.01. The summed E-state index contributed by atoms with van der Waals surface area (Å²) in [6.07, 6.45) is 5.53. The third-order valence-electron chi connectivity index (χ3n) is 0.924. The van der Waals surface area contributed by atoms with Crippen LogP contribution in [0.5, 0.6) is 0 Å². The zero-order valence-corrected chi connectivity index (χ0v) is 5.77. The van der Waals surface area contributed by atoms with Gasteiger partial charge in [0.1, 0.15) is 0 Å². The summed E-state index contributed by atoms with van der Waals surface area (Å²) in [5.41, 5.74) is 0. The molecule has 0 radical (unpaired) electrons. The van der Waals surface area contributed by atoms with Crippen molar-refractivity contribution in [2.45, 2.75) is 13.5 Å². The van der Waals surface area contributed by atoms with Gasteiger partial charge in [0, 0.05) is 18.9 Å². The van der Waals surface area contributed by atoms with E-state index < -0.39 is 0 Å². The number of nitrogens with zero attached hydrogens (tertiary/aromatic N) is 2. The third kappa shape index (κ3) is 3.65. The van der Waals surface area contributed by atoms with Crippen molar-refractivity contribution in [3.63, 3.8) is 0 Å². The number of carboxylic acid groups (broad SMARTS) is 1. The zero-order valence-electron chi connectivity index (χ0n) is 5.77. The van der Waals surface area contributed by atoms with Crippen LogP contribution in [0.2, 0.25) is 0 Å². The van der Waals surface area contributed by atoms with E-state index in [0.29, 0.717) is 0 Å². The predicted molar refractivity (Wildman–Crippen MR) is 36.6 cm³/mol. The second-order valence-corrected chi connectivity index (χ2v) is 1.50. The van der Waals surface area contributed by atoms with Gasteiger partial charge in [-0.1, -0.05) is 0 Å². The third-order valence-corrected chi connectivity index (χ3v) is 0.924. The van der Waals surface area contributed by atoms with Crippen molar-refractivity contribution in [2.24, 2.45) is 0 Å². The van der Waals surface area contributed by atoms with Crippen LogP contribution in [0.25, 0.3) is 0 Å². The molecule has 0 saturated carbocycles. The minimum atomic E-state index is -0.250. The van der Waals surface area contributed by atoms with Gasteiger partial charge in [-0.2, -0.15) is 0 Å². The molecule has 0 aliphatic heterocycles. The fourth-order valence-corrected chi connectivity index (χ4v) is 0.474. The maximum Gasteiger partial charge on any atom is 0.290 e. The molecular formula is C6H10N2O2. The first-order chi connectivity index (χ1) is 4.85. The summed E-state index contributed by atoms with van der Waals surface area (Å²) in [7, 11) is 0. The molecule has 1 aromatic rings. The van der Waals surface area contributed by atoms with E-state index in [1.807, 2.05) is 10.8 Å². The minimum absolute atomic E-state index is 0.250. The van der Waals surface area contributed by atoms with Crippen LogP contribution in [-0.4, -0.2) is 21.1 Å². The van der Waals surface area contributed by atoms with Gasteiger partial charge in [0.2, 0.25) is 0 Å². The van der Waals surface area contributed by atoms with Crippen LogP contribution >= 0.6 is 0 Å². The molecule has 0 amide bonds. The molecule has 0 bridgehead atoms. The van der Waals surface area contributed by atoms with E-state index in [1.54, 1.807) is 12.5 Å². The minimum Gasteiger partial charge on any atom is -0.483 e. The number of carbonyl (C=O) groups is 1. The molecule has 10 heavy (non-hydrogen) atoms. The largest absolute Gasteiger partial charge is 0.483 e. The normalized spacial score (nSPS) is 7.70. The van der Waals surface area contributed by atoms with Gasteiger partial charge in [0.25, 0.3) is 6.47 Å². The molecule has 0 spiro atoms. The molecule has 0 aromatic carbocycles. The molecule has 1 N–H and O–H groups in total. The molecular weight excluding hydrogens is 132 g/mol. The van der Waals surface area contributed by atoms with Crippen molar-refractivity contribution in [2.75, 3.05) is 0 Å². The molecule has 0 aliphatic rings. The van der Waals surface area contributed by atoms with Gasteiger partial charge in [0.15, 0.2) is 0 Å². The Morgan fingerprint density at radius 3 is 2.60 bits per heavy atom. The van der Waals surface area contributed by atoms with Crippen molar-refractivity contribution in [3.05, 3.63) is 18.7 Å². The second kappa shape index (κ2) is 5.81. The molecule has 0 unspecified atom stereocenters. The van der Waals surface area contributed by atoms with E-state index >= 15 is 0 Å². The van der Waals surface area contributed by atoms with Gasteiger partial charge in [-0.3, -0.25) is 4.79 Å². The second-order valence-electron chi connectivity index (χ2n) is 1.50. The summed E-state index contributed by atoms with van der Waals surface area (Å²) in [4.78, 5) is 12.2. The molecule has 56 valence electrons. The zero-order chi connectivity index (χ0) is 7.82. The van der Waals surface area contributed by atoms with Crippen molar-refractivity contribution in [1.29, 1.82) is 0 Å². The Balaban J connectivity index is 0.000000236.